The van der Waals surface area contributed by atoms with E-state index in [4.69, 9.17) is 90.7 Å². The van der Waals surface area contributed by atoms with Gasteiger partial charge in [-0.25, -0.2) is 10.5 Å². The fourth-order valence-electron chi connectivity index (χ4n) is 5.32. The van der Waals surface area contributed by atoms with Crippen LogP contribution in [0.1, 0.15) is 51.5 Å². The first-order valence-electron chi connectivity index (χ1n) is 16.0. The van der Waals surface area contributed by atoms with Crippen LogP contribution >= 0.6 is 69.6 Å². The van der Waals surface area contributed by atoms with E-state index in [1.165, 1.54) is 17.1 Å². The van der Waals surface area contributed by atoms with Crippen molar-refractivity contribution in [1.29, 1.82) is 0 Å². The van der Waals surface area contributed by atoms with Crippen LogP contribution in [0.4, 0.5) is 0 Å². The quantitative estimate of drug-likeness (QED) is 0.0351. The molecule has 3 aromatic heterocycles. The smallest absolute Gasteiger partial charge is 0.327 e. The number of ketones is 2. The number of esters is 2. The van der Waals surface area contributed by atoms with Gasteiger partial charge in [0.05, 0.1) is 62.7 Å². The molecule has 56 heavy (non-hydrogen) atoms. The largest absolute Gasteiger partial charge is 0.507 e. The minimum atomic E-state index is -0.903. The summed E-state index contributed by atoms with van der Waals surface area (Å²) in [5, 5.41) is 29.8. The van der Waals surface area contributed by atoms with Crippen molar-refractivity contribution in [3.8, 4) is 28.4 Å². The van der Waals surface area contributed by atoms with Crippen LogP contribution in [0.25, 0.3) is 22.6 Å². The molecule has 0 radical (unpaired) electrons. The monoisotopic (exact) mass is 886 g/mol. The number of phenolic OH excluding ortho intramolecular Hbond substituents is 2. The second-order valence-electron chi connectivity index (χ2n) is 11.5. The molecular weight excluding hydrogens is 861 g/mol. The molecule has 294 valence electrons. The molecule has 0 bridgehead atoms. The summed E-state index contributed by atoms with van der Waals surface area (Å²) in [6.45, 7) is 3.03. The Balaban J connectivity index is 1.52. The van der Waals surface area contributed by atoms with Gasteiger partial charge in [-0.2, -0.15) is 0 Å². The summed E-state index contributed by atoms with van der Waals surface area (Å²) in [6.07, 6.45) is 2.57. The number of aromatic amines is 1. The van der Waals surface area contributed by atoms with Crippen molar-refractivity contribution < 1.29 is 38.9 Å². The number of nitrogens with zero attached hydrogens (tertiary/aromatic N) is 5. The van der Waals surface area contributed by atoms with E-state index in [0.29, 0.717) is 0 Å². The molecule has 0 saturated carbocycles. The number of hydrogen-bond donors (Lipinski definition) is 5. The molecule has 0 aliphatic carbocycles. The molecule has 0 aliphatic heterocycles. The maximum Gasteiger partial charge on any atom is 0.327 e. The molecule has 22 heteroatoms. The Morgan fingerprint density at radius 3 is 2.16 bits per heavy atom. The van der Waals surface area contributed by atoms with Gasteiger partial charge in [0, 0.05) is 17.3 Å². The van der Waals surface area contributed by atoms with E-state index in [2.05, 4.69) is 15.3 Å². The number of carbonyl (C=O) groups excluding carboxylic acids is 4. The third-order valence-corrected chi connectivity index (χ3v) is 9.89. The number of nitrogens with one attached hydrogen (secondary N) is 1. The number of aromatic nitrogens is 5. The van der Waals surface area contributed by atoms with E-state index in [0.717, 1.165) is 39.9 Å². The van der Waals surface area contributed by atoms with Crippen molar-refractivity contribution in [3.63, 3.8) is 0 Å². The van der Waals surface area contributed by atoms with E-state index >= 15 is 0 Å². The molecular formula is C34H28Cl6N8O8. The molecule has 0 atom stereocenters. The third kappa shape index (κ3) is 8.71. The van der Waals surface area contributed by atoms with Crippen LogP contribution in [0.2, 0.25) is 30.4 Å². The zero-order chi connectivity index (χ0) is 41.2. The number of rotatable bonds is 14. The fourth-order valence-corrected chi connectivity index (χ4v) is 6.68. The van der Waals surface area contributed by atoms with Crippen molar-refractivity contribution in [2.45, 2.75) is 20.4 Å². The molecule has 0 spiro atoms. The first-order chi connectivity index (χ1) is 26.5. The van der Waals surface area contributed by atoms with Gasteiger partial charge >= 0.3 is 11.9 Å². The van der Waals surface area contributed by atoms with Crippen LogP contribution in [-0.4, -0.2) is 83.0 Å². The van der Waals surface area contributed by atoms with Crippen molar-refractivity contribution in [2.75, 3.05) is 19.8 Å². The topological polar surface area (TPSA) is 234 Å². The number of carbonyl (C=O) groups is 4. The summed E-state index contributed by atoms with van der Waals surface area (Å²) in [5.74, 6) is 1.72. The lowest BCUT2D eigenvalue weighted by molar-refractivity contribution is -0.144. The molecule has 5 rings (SSSR count). The van der Waals surface area contributed by atoms with Gasteiger partial charge in [0.15, 0.2) is 0 Å². The highest BCUT2D eigenvalue weighted by Gasteiger charge is 2.32. The number of ether oxygens (including phenoxy) is 2. The number of halogens is 6. The zero-order valence-corrected chi connectivity index (χ0v) is 33.4. The van der Waals surface area contributed by atoms with Crippen LogP contribution in [0, 0.1) is 0 Å². The summed E-state index contributed by atoms with van der Waals surface area (Å²) >= 11 is 39.0. The summed E-state index contributed by atoms with van der Waals surface area (Å²) in [6, 6.07) is 5.70. The number of benzene rings is 2. The SMILES string of the molecule is CCOC(=O)CN(N)/C=C(\N)c1cc(O)c(C(=O)c2cc(Cl)c(Cl)n2-c2c(C(=O)c3cc(Cl)c(-c4cn(CC(=O)OCC)nn4)cc3O)[nH]c(Cl)c2Cl)cc1Cl. The maximum atomic E-state index is 14.1. The average Bonchev–Trinajstić information content (AvgIpc) is 3.80. The van der Waals surface area contributed by atoms with E-state index in [9.17, 15) is 29.4 Å². The lowest BCUT2D eigenvalue weighted by Crippen LogP contribution is -2.33. The molecule has 0 saturated heterocycles. The highest BCUT2D eigenvalue weighted by Crippen LogP contribution is 2.42. The van der Waals surface area contributed by atoms with Gasteiger partial charge in [-0.3, -0.25) is 23.7 Å². The highest BCUT2D eigenvalue weighted by atomic mass is 35.5. The average molecular weight is 889 g/mol. The lowest BCUT2D eigenvalue weighted by Gasteiger charge is -2.16. The van der Waals surface area contributed by atoms with Gasteiger partial charge in [-0.05, 0) is 44.2 Å². The molecule has 5 aromatic rings. The van der Waals surface area contributed by atoms with Gasteiger partial charge in [-0.1, -0.05) is 74.8 Å². The van der Waals surface area contributed by atoms with Gasteiger partial charge in [0.2, 0.25) is 11.6 Å². The number of hydrazine groups is 1. The Morgan fingerprint density at radius 1 is 0.857 bits per heavy atom. The second kappa shape index (κ2) is 17.5. The van der Waals surface area contributed by atoms with Crippen molar-refractivity contribution in [1.82, 2.24) is 29.6 Å². The van der Waals surface area contributed by atoms with Crippen molar-refractivity contribution >= 4 is 98.8 Å². The van der Waals surface area contributed by atoms with Gasteiger partial charge in [0.25, 0.3) is 0 Å². The molecule has 0 unspecified atom stereocenters. The minimum absolute atomic E-state index is 0.0398. The van der Waals surface area contributed by atoms with Crippen molar-refractivity contribution in [2.24, 2.45) is 11.6 Å². The Bertz CT molecular complexity index is 2420. The van der Waals surface area contributed by atoms with Crippen LogP contribution in [0.5, 0.6) is 11.5 Å². The molecule has 16 nitrogen and oxygen atoms in total. The molecule has 0 aliphatic rings. The van der Waals surface area contributed by atoms with Gasteiger partial charge in [-0.15, -0.1) is 5.10 Å². The standard InChI is InChI=1S/C34H28Cl6N8O8/c1-3-55-26(51)12-46(42)10-21(41)14-7-24(49)16(5-18(14)35)31(53)23-9-20(37)34(40)48(23)30-28(38)33(39)43-29(30)32(54)17-6-19(36)15(8-25(17)50)22-11-47(45-44-22)13-27(52)56-4-2/h5-11,43,49-50H,3-4,12-13,41-42H2,1-2H3/b21-10-. The molecule has 0 fully saturated rings. The van der Waals surface area contributed by atoms with Gasteiger partial charge < -0.3 is 35.4 Å². The summed E-state index contributed by atoms with van der Waals surface area (Å²) in [7, 11) is 0. The summed E-state index contributed by atoms with van der Waals surface area (Å²) in [5.41, 5.74) is 4.87. The van der Waals surface area contributed by atoms with Crippen LogP contribution in [-0.2, 0) is 25.6 Å². The molecule has 3 heterocycles. The van der Waals surface area contributed by atoms with E-state index in [1.807, 2.05) is 0 Å². The first kappa shape index (κ1) is 42.2. The number of hydrogen-bond acceptors (Lipinski definition) is 13. The molecule has 2 aromatic carbocycles. The van der Waals surface area contributed by atoms with Crippen LogP contribution < -0.4 is 11.6 Å². The predicted octanol–water partition coefficient (Wildman–Crippen LogP) is 6.42. The Morgan fingerprint density at radius 2 is 1.48 bits per heavy atom. The Hall–Kier alpha value is -4.94. The van der Waals surface area contributed by atoms with E-state index < -0.39 is 35.0 Å². The van der Waals surface area contributed by atoms with Crippen molar-refractivity contribution in [3.05, 3.63) is 101 Å². The summed E-state index contributed by atoms with van der Waals surface area (Å²) in [4.78, 5) is 54.5. The number of nitrogens with two attached hydrogens (primary N) is 2. The number of aromatic hydroxyl groups is 2. The normalized spacial score (nSPS) is 11.5. The maximum absolute atomic E-state index is 14.1. The predicted molar refractivity (Wildman–Crippen MR) is 209 cm³/mol. The first-order valence-corrected chi connectivity index (χ1v) is 18.2. The minimum Gasteiger partial charge on any atom is -0.507 e. The summed E-state index contributed by atoms with van der Waals surface area (Å²) < 4.78 is 12.0. The lowest BCUT2D eigenvalue weighted by atomic mass is 10.0. The zero-order valence-electron chi connectivity index (χ0n) is 28.9. The second-order valence-corrected chi connectivity index (χ2v) is 13.8. The highest BCUT2D eigenvalue weighted by molar-refractivity contribution is 6.45. The third-order valence-electron chi connectivity index (χ3n) is 7.76. The van der Waals surface area contributed by atoms with E-state index in [1.54, 1.807) is 13.8 Å². The van der Waals surface area contributed by atoms with Crippen LogP contribution in [0.15, 0.2) is 42.7 Å². The fraction of sp³-hybridized carbons (Fsp3) is 0.176. The molecule has 7 N–H and O–H groups in total. The Kier molecular flexibility index (Phi) is 13.2. The molecule has 0 amide bonds. The number of H-pyrrole nitrogens is 1. The Labute approximate surface area is 346 Å². The van der Waals surface area contributed by atoms with Gasteiger partial charge in [0.1, 0.15) is 51.3 Å². The number of phenols is 2. The van der Waals surface area contributed by atoms with E-state index in [-0.39, 0.29) is 107 Å². The van der Waals surface area contributed by atoms with Crippen LogP contribution in [0.3, 0.4) is 0 Å².